The molecule has 0 fully saturated rings. The van der Waals surface area contributed by atoms with Gasteiger partial charge in [-0.15, -0.1) is 0 Å². The van der Waals surface area contributed by atoms with Gasteiger partial charge in [-0.3, -0.25) is 0 Å². The lowest BCUT2D eigenvalue weighted by atomic mass is 10.2. The Labute approximate surface area is 103 Å². The minimum Gasteiger partial charge on any atom is -0.398 e. The number of halogens is 2. The molecule has 0 unspecified atom stereocenters. The predicted octanol–water partition coefficient (Wildman–Crippen LogP) is 4.01. The van der Waals surface area contributed by atoms with Gasteiger partial charge in [0, 0.05) is 21.5 Å². The maximum Gasteiger partial charge on any atom is 0.140 e. The third kappa shape index (κ3) is 2.58. The molecule has 0 saturated heterocycles. The summed E-state index contributed by atoms with van der Waals surface area (Å²) in [5.74, 6) is -1.13. The first kappa shape index (κ1) is 11.9. The van der Waals surface area contributed by atoms with Crippen molar-refractivity contribution in [2.24, 2.45) is 0 Å². The Morgan fingerprint density at radius 3 is 2.53 bits per heavy atom. The molecule has 2 rings (SSSR count). The SMILES string of the molecule is Cc1c(N)cccc1Sc1ccc(F)cc1F. The smallest absolute Gasteiger partial charge is 0.140 e. The van der Waals surface area contributed by atoms with E-state index in [4.69, 9.17) is 5.73 Å². The molecular formula is C13H11F2NS. The van der Waals surface area contributed by atoms with Crippen LogP contribution in [0.2, 0.25) is 0 Å². The lowest BCUT2D eigenvalue weighted by Gasteiger charge is -2.08. The molecule has 0 spiro atoms. The molecule has 2 aromatic rings. The molecule has 0 amide bonds. The summed E-state index contributed by atoms with van der Waals surface area (Å²) in [4.78, 5) is 1.26. The second kappa shape index (κ2) is 4.75. The van der Waals surface area contributed by atoms with Crippen molar-refractivity contribution in [3.8, 4) is 0 Å². The molecule has 1 nitrogen and oxygen atoms in total. The highest BCUT2D eigenvalue weighted by Crippen LogP contribution is 2.33. The monoisotopic (exact) mass is 251 g/mol. The van der Waals surface area contributed by atoms with Gasteiger partial charge in [0.05, 0.1) is 0 Å². The van der Waals surface area contributed by atoms with Crippen molar-refractivity contribution in [3.63, 3.8) is 0 Å². The van der Waals surface area contributed by atoms with Crippen molar-refractivity contribution in [2.75, 3.05) is 5.73 Å². The van der Waals surface area contributed by atoms with Gasteiger partial charge in [-0.1, -0.05) is 17.8 Å². The fourth-order valence-electron chi connectivity index (χ4n) is 1.42. The van der Waals surface area contributed by atoms with Crippen molar-refractivity contribution in [1.29, 1.82) is 0 Å². The van der Waals surface area contributed by atoms with Crippen LogP contribution in [0.4, 0.5) is 14.5 Å². The van der Waals surface area contributed by atoms with Gasteiger partial charge in [-0.05, 0) is 36.8 Å². The first-order chi connectivity index (χ1) is 8.08. The van der Waals surface area contributed by atoms with Gasteiger partial charge < -0.3 is 5.73 Å². The molecule has 0 aliphatic carbocycles. The summed E-state index contributed by atoms with van der Waals surface area (Å²) in [5.41, 5.74) is 7.34. The van der Waals surface area contributed by atoms with Crippen molar-refractivity contribution in [1.82, 2.24) is 0 Å². The lowest BCUT2D eigenvalue weighted by molar-refractivity contribution is 0.565. The molecule has 0 aliphatic rings. The third-order valence-electron chi connectivity index (χ3n) is 2.44. The minimum atomic E-state index is -0.573. The molecule has 17 heavy (non-hydrogen) atoms. The molecule has 4 heteroatoms. The Hall–Kier alpha value is -1.55. The predicted molar refractivity (Wildman–Crippen MR) is 66.1 cm³/mol. The molecule has 0 bridgehead atoms. The van der Waals surface area contributed by atoms with Gasteiger partial charge in [0.25, 0.3) is 0 Å². The van der Waals surface area contributed by atoms with E-state index < -0.39 is 11.6 Å². The number of benzene rings is 2. The Kier molecular flexibility index (Phi) is 3.33. The lowest BCUT2D eigenvalue weighted by Crippen LogP contribution is -1.91. The molecule has 0 atom stereocenters. The molecular weight excluding hydrogens is 240 g/mol. The Balaban J connectivity index is 2.35. The number of hydrogen-bond donors (Lipinski definition) is 1. The van der Waals surface area contributed by atoms with Crippen molar-refractivity contribution in [2.45, 2.75) is 16.7 Å². The Bertz CT molecular complexity index is 555. The van der Waals surface area contributed by atoms with Crippen LogP contribution in [0.3, 0.4) is 0 Å². The van der Waals surface area contributed by atoms with Crippen molar-refractivity contribution in [3.05, 3.63) is 53.6 Å². The molecule has 0 saturated carbocycles. The average molecular weight is 251 g/mol. The topological polar surface area (TPSA) is 26.0 Å². The quantitative estimate of drug-likeness (QED) is 0.816. The van der Waals surface area contributed by atoms with Crippen LogP contribution in [0.15, 0.2) is 46.2 Å². The fraction of sp³-hybridized carbons (Fsp3) is 0.0769. The van der Waals surface area contributed by atoms with E-state index in [1.807, 2.05) is 19.1 Å². The van der Waals surface area contributed by atoms with Crippen LogP contribution in [0.25, 0.3) is 0 Å². The highest BCUT2D eigenvalue weighted by atomic mass is 32.2. The highest BCUT2D eigenvalue weighted by molar-refractivity contribution is 7.99. The van der Waals surface area contributed by atoms with Crippen LogP contribution in [0, 0.1) is 18.6 Å². The van der Waals surface area contributed by atoms with Crippen LogP contribution < -0.4 is 5.73 Å². The standard InChI is InChI=1S/C13H11F2NS/c1-8-11(16)3-2-4-12(8)17-13-6-5-9(14)7-10(13)15/h2-7H,16H2,1H3. The highest BCUT2D eigenvalue weighted by Gasteiger charge is 2.08. The van der Waals surface area contributed by atoms with Crippen LogP contribution >= 0.6 is 11.8 Å². The van der Waals surface area contributed by atoms with Gasteiger partial charge in [-0.25, -0.2) is 8.78 Å². The number of nitrogen functional groups attached to an aromatic ring is 1. The van der Waals surface area contributed by atoms with E-state index in [-0.39, 0.29) is 0 Å². The maximum atomic E-state index is 13.5. The van der Waals surface area contributed by atoms with E-state index in [9.17, 15) is 8.78 Å². The summed E-state index contributed by atoms with van der Waals surface area (Å²) in [5, 5.41) is 0. The largest absolute Gasteiger partial charge is 0.398 e. The maximum absolute atomic E-state index is 13.5. The van der Waals surface area contributed by atoms with E-state index in [0.29, 0.717) is 10.6 Å². The second-order valence-electron chi connectivity index (χ2n) is 3.65. The molecule has 0 aromatic heterocycles. The molecule has 0 heterocycles. The molecule has 0 aliphatic heterocycles. The first-order valence-corrected chi connectivity index (χ1v) is 5.87. The van der Waals surface area contributed by atoms with Gasteiger partial charge in [-0.2, -0.15) is 0 Å². The third-order valence-corrected chi connectivity index (χ3v) is 3.65. The molecule has 88 valence electrons. The van der Waals surface area contributed by atoms with Crippen molar-refractivity contribution < 1.29 is 8.78 Å². The summed E-state index contributed by atoms with van der Waals surface area (Å²) in [6, 6.07) is 9.01. The van der Waals surface area contributed by atoms with Crippen LogP contribution in [0.5, 0.6) is 0 Å². The summed E-state index contributed by atoms with van der Waals surface area (Å²) in [6.45, 7) is 1.87. The number of hydrogen-bond acceptors (Lipinski definition) is 2. The van der Waals surface area contributed by atoms with E-state index in [0.717, 1.165) is 16.5 Å². The Morgan fingerprint density at radius 2 is 1.82 bits per heavy atom. The molecule has 2 aromatic carbocycles. The fourth-order valence-corrected chi connectivity index (χ4v) is 2.37. The van der Waals surface area contributed by atoms with E-state index in [1.165, 1.54) is 23.9 Å². The number of rotatable bonds is 2. The van der Waals surface area contributed by atoms with E-state index >= 15 is 0 Å². The van der Waals surface area contributed by atoms with Crippen LogP contribution in [-0.2, 0) is 0 Å². The molecule has 0 radical (unpaired) electrons. The summed E-state index contributed by atoms with van der Waals surface area (Å²) < 4.78 is 26.2. The second-order valence-corrected chi connectivity index (χ2v) is 4.73. The van der Waals surface area contributed by atoms with Gasteiger partial charge >= 0.3 is 0 Å². The van der Waals surface area contributed by atoms with E-state index in [2.05, 4.69) is 0 Å². The summed E-state index contributed by atoms with van der Waals surface area (Å²) >= 11 is 1.24. The van der Waals surface area contributed by atoms with Crippen LogP contribution in [0.1, 0.15) is 5.56 Å². The zero-order valence-electron chi connectivity index (χ0n) is 9.21. The van der Waals surface area contributed by atoms with Gasteiger partial charge in [0.15, 0.2) is 0 Å². The summed E-state index contributed by atoms with van der Waals surface area (Å²) in [6.07, 6.45) is 0. The zero-order valence-corrected chi connectivity index (χ0v) is 10.0. The number of nitrogens with two attached hydrogens (primary N) is 1. The van der Waals surface area contributed by atoms with Crippen LogP contribution in [-0.4, -0.2) is 0 Å². The average Bonchev–Trinajstić information content (AvgIpc) is 2.28. The van der Waals surface area contributed by atoms with Crippen molar-refractivity contribution >= 4 is 17.4 Å². The number of anilines is 1. The minimum absolute atomic E-state index is 0.389. The zero-order chi connectivity index (χ0) is 12.4. The van der Waals surface area contributed by atoms with Gasteiger partial charge in [0.1, 0.15) is 11.6 Å². The first-order valence-electron chi connectivity index (χ1n) is 5.06. The normalized spacial score (nSPS) is 10.5. The summed E-state index contributed by atoms with van der Waals surface area (Å²) in [7, 11) is 0. The molecule has 2 N–H and O–H groups in total. The van der Waals surface area contributed by atoms with Gasteiger partial charge in [0.2, 0.25) is 0 Å². The van der Waals surface area contributed by atoms with E-state index in [1.54, 1.807) is 6.07 Å². The Morgan fingerprint density at radius 1 is 1.06 bits per heavy atom.